The summed E-state index contributed by atoms with van der Waals surface area (Å²) < 4.78 is 12.3. The maximum absolute atomic E-state index is 11.9. The van der Waals surface area contributed by atoms with Crippen LogP contribution in [0.5, 0.6) is 11.5 Å². The van der Waals surface area contributed by atoms with E-state index in [1.54, 1.807) is 17.1 Å². The molecule has 1 aromatic heterocycles. The van der Waals surface area contributed by atoms with E-state index >= 15 is 0 Å². The van der Waals surface area contributed by atoms with E-state index < -0.39 is 0 Å². The van der Waals surface area contributed by atoms with E-state index in [-0.39, 0.29) is 12.7 Å². The number of rotatable bonds is 6. The maximum Gasteiger partial charge on any atom is 0.231 e. The summed E-state index contributed by atoms with van der Waals surface area (Å²) >= 11 is 0. The summed E-state index contributed by atoms with van der Waals surface area (Å²) in [4.78, 5) is 11.9. The SMILES string of the molecule is O=C(Cc1ccc2c(c1)OCO2)NCCCn1ccnn1. The first-order valence-electron chi connectivity index (χ1n) is 6.80. The Morgan fingerprint density at radius 1 is 1.33 bits per heavy atom. The highest BCUT2D eigenvalue weighted by atomic mass is 16.7. The zero-order valence-electron chi connectivity index (χ0n) is 11.5. The standard InChI is InChI=1S/C14H16N4O3/c19-14(15-4-1-6-18-7-5-16-17-18)9-11-2-3-12-13(8-11)21-10-20-12/h2-3,5,7-8H,1,4,6,9-10H2,(H,15,19). The molecule has 0 atom stereocenters. The first-order valence-corrected chi connectivity index (χ1v) is 6.80. The van der Waals surface area contributed by atoms with Crippen molar-refractivity contribution in [2.75, 3.05) is 13.3 Å². The summed E-state index contributed by atoms with van der Waals surface area (Å²) in [6.07, 6.45) is 4.59. The molecule has 1 N–H and O–H groups in total. The fourth-order valence-corrected chi connectivity index (χ4v) is 2.12. The van der Waals surface area contributed by atoms with Crippen LogP contribution in [0.2, 0.25) is 0 Å². The van der Waals surface area contributed by atoms with Gasteiger partial charge >= 0.3 is 0 Å². The third kappa shape index (κ3) is 3.50. The smallest absolute Gasteiger partial charge is 0.231 e. The molecule has 0 unspecified atom stereocenters. The Bertz CT molecular complexity index is 613. The van der Waals surface area contributed by atoms with E-state index in [4.69, 9.17) is 9.47 Å². The summed E-state index contributed by atoms with van der Waals surface area (Å²) in [6, 6.07) is 5.55. The predicted molar refractivity (Wildman–Crippen MR) is 73.9 cm³/mol. The lowest BCUT2D eigenvalue weighted by molar-refractivity contribution is -0.120. The summed E-state index contributed by atoms with van der Waals surface area (Å²) in [6.45, 7) is 1.60. The number of hydrogen-bond donors (Lipinski definition) is 1. The Labute approximate surface area is 121 Å². The van der Waals surface area contributed by atoms with Crippen molar-refractivity contribution in [3.63, 3.8) is 0 Å². The molecule has 0 radical (unpaired) electrons. The fraction of sp³-hybridized carbons (Fsp3) is 0.357. The van der Waals surface area contributed by atoms with E-state index in [0.29, 0.717) is 18.7 Å². The van der Waals surface area contributed by atoms with E-state index in [1.807, 2.05) is 18.2 Å². The minimum absolute atomic E-state index is 0.00699. The van der Waals surface area contributed by atoms with Gasteiger partial charge in [0.25, 0.3) is 0 Å². The molecule has 3 rings (SSSR count). The maximum atomic E-state index is 11.9. The van der Waals surface area contributed by atoms with Crippen molar-refractivity contribution in [3.05, 3.63) is 36.2 Å². The highest BCUT2D eigenvalue weighted by molar-refractivity contribution is 5.78. The van der Waals surface area contributed by atoms with Crippen LogP contribution in [-0.4, -0.2) is 34.2 Å². The number of aromatic nitrogens is 3. The molecule has 7 heteroatoms. The third-order valence-electron chi connectivity index (χ3n) is 3.16. The van der Waals surface area contributed by atoms with Crippen LogP contribution >= 0.6 is 0 Å². The average molecular weight is 288 g/mol. The molecular formula is C14H16N4O3. The van der Waals surface area contributed by atoms with Crippen LogP contribution in [0.15, 0.2) is 30.6 Å². The second kappa shape index (κ2) is 6.25. The van der Waals surface area contributed by atoms with E-state index in [1.165, 1.54) is 0 Å². The summed E-state index contributed by atoms with van der Waals surface area (Å²) in [7, 11) is 0. The van der Waals surface area contributed by atoms with Crippen molar-refractivity contribution in [2.24, 2.45) is 0 Å². The Hall–Kier alpha value is -2.57. The van der Waals surface area contributed by atoms with Crippen molar-refractivity contribution in [1.29, 1.82) is 0 Å². The largest absolute Gasteiger partial charge is 0.454 e. The Morgan fingerprint density at radius 3 is 3.10 bits per heavy atom. The predicted octanol–water partition coefficient (Wildman–Crippen LogP) is 0.756. The molecule has 1 amide bonds. The molecule has 21 heavy (non-hydrogen) atoms. The number of ether oxygens (including phenoxy) is 2. The Morgan fingerprint density at radius 2 is 2.24 bits per heavy atom. The lowest BCUT2D eigenvalue weighted by Gasteiger charge is -2.06. The number of nitrogens with zero attached hydrogens (tertiary/aromatic N) is 3. The van der Waals surface area contributed by atoms with Crippen LogP contribution in [0.3, 0.4) is 0 Å². The van der Waals surface area contributed by atoms with Crippen LogP contribution in [0.25, 0.3) is 0 Å². The highest BCUT2D eigenvalue weighted by Crippen LogP contribution is 2.32. The number of benzene rings is 1. The minimum Gasteiger partial charge on any atom is -0.454 e. The highest BCUT2D eigenvalue weighted by Gasteiger charge is 2.14. The molecule has 1 aliphatic rings. The molecule has 1 aliphatic heterocycles. The average Bonchev–Trinajstić information content (AvgIpc) is 3.14. The first-order chi connectivity index (χ1) is 10.3. The van der Waals surface area contributed by atoms with Crippen LogP contribution in [0, 0.1) is 0 Å². The number of hydrogen-bond acceptors (Lipinski definition) is 5. The number of amides is 1. The van der Waals surface area contributed by atoms with Gasteiger partial charge in [-0.3, -0.25) is 9.48 Å². The van der Waals surface area contributed by atoms with Gasteiger partial charge in [0.15, 0.2) is 11.5 Å². The fourth-order valence-electron chi connectivity index (χ4n) is 2.12. The van der Waals surface area contributed by atoms with Crippen molar-refractivity contribution in [2.45, 2.75) is 19.4 Å². The normalized spacial score (nSPS) is 12.4. The second-order valence-electron chi connectivity index (χ2n) is 4.73. The Balaban J connectivity index is 1.41. The summed E-state index contributed by atoms with van der Waals surface area (Å²) in [5, 5.41) is 10.5. The quantitative estimate of drug-likeness (QED) is 0.794. The first kappa shape index (κ1) is 13.4. The van der Waals surface area contributed by atoms with Gasteiger partial charge in [-0.1, -0.05) is 11.3 Å². The third-order valence-corrected chi connectivity index (χ3v) is 3.16. The number of carbonyl (C=O) groups is 1. The molecule has 2 aromatic rings. The number of aryl methyl sites for hydroxylation is 1. The van der Waals surface area contributed by atoms with E-state index in [0.717, 1.165) is 24.3 Å². The number of carbonyl (C=O) groups excluding carboxylic acids is 1. The van der Waals surface area contributed by atoms with Gasteiger partial charge in [-0.25, -0.2) is 0 Å². The van der Waals surface area contributed by atoms with Crippen molar-refractivity contribution in [3.8, 4) is 11.5 Å². The Kier molecular flexibility index (Phi) is 3.99. The monoisotopic (exact) mass is 288 g/mol. The van der Waals surface area contributed by atoms with Gasteiger partial charge < -0.3 is 14.8 Å². The molecule has 0 saturated carbocycles. The van der Waals surface area contributed by atoms with Crippen molar-refractivity contribution < 1.29 is 14.3 Å². The molecule has 0 bridgehead atoms. The molecule has 0 aliphatic carbocycles. The zero-order valence-corrected chi connectivity index (χ0v) is 11.5. The number of fused-ring (bicyclic) bond motifs is 1. The number of nitrogens with one attached hydrogen (secondary N) is 1. The topological polar surface area (TPSA) is 78.3 Å². The van der Waals surface area contributed by atoms with Gasteiger partial charge in [-0.15, -0.1) is 5.10 Å². The molecule has 0 saturated heterocycles. The molecule has 110 valence electrons. The lowest BCUT2D eigenvalue weighted by atomic mass is 10.1. The van der Waals surface area contributed by atoms with Gasteiger partial charge in [0.05, 0.1) is 12.6 Å². The summed E-state index contributed by atoms with van der Waals surface area (Å²) in [5.41, 5.74) is 0.910. The zero-order chi connectivity index (χ0) is 14.5. The van der Waals surface area contributed by atoms with Crippen LogP contribution < -0.4 is 14.8 Å². The summed E-state index contributed by atoms with van der Waals surface area (Å²) in [5.74, 6) is 1.42. The molecule has 1 aromatic carbocycles. The van der Waals surface area contributed by atoms with Crippen LogP contribution in [0.1, 0.15) is 12.0 Å². The minimum atomic E-state index is -0.00699. The molecular weight excluding hydrogens is 272 g/mol. The van der Waals surface area contributed by atoms with Crippen molar-refractivity contribution >= 4 is 5.91 Å². The second-order valence-corrected chi connectivity index (χ2v) is 4.73. The van der Waals surface area contributed by atoms with Crippen LogP contribution in [0.4, 0.5) is 0 Å². The van der Waals surface area contributed by atoms with Crippen molar-refractivity contribution in [1.82, 2.24) is 20.3 Å². The van der Waals surface area contributed by atoms with Gasteiger partial charge in [0, 0.05) is 19.3 Å². The molecule has 0 fully saturated rings. The molecule has 0 spiro atoms. The van der Waals surface area contributed by atoms with E-state index in [9.17, 15) is 4.79 Å². The van der Waals surface area contributed by atoms with Gasteiger partial charge in [-0.05, 0) is 24.1 Å². The van der Waals surface area contributed by atoms with Gasteiger partial charge in [0.2, 0.25) is 12.7 Å². The van der Waals surface area contributed by atoms with E-state index in [2.05, 4.69) is 15.6 Å². The molecule has 2 heterocycles. The molecule has 7 nitrogen and oxygen atoms in total. The van der Waals surface area contributed by atoms with Crippen LogP contribution in [-0.2, 0) is 17.8 Å². The lowest BCUT2D eigenvalue weighted by Crippen LogP contribution is -2.26. The van der Waals surface area contributed by atoms with Gasteiger partial charge in [0.1, 0.15) is 0 Å². The van der Waals surface area contributed by atoms with Gasteiger partial charge in [-0.2, -0.15) is 0 Å².